The molecule has 0 spiro atoms. The van der Waals surface area contributed by atoms with Crippen LogP contribution in [0.1, 0.15) is 24.4 Å². The molecule has 0 radical (unpaired) electrons. The zero-order chi connectivity index (χ0) is 14.8. The standard InChI is InChI=1S/C16H20N4S/c1-12(2)20(11-13-6-5-9-21-13)16-14(10-17)19-8-4-3-7-15(19)18-16/h3-9,12H,10-11,17H2,1-2H3. The molecule has 3 aromatic heterocycles. The molecule has 0 saturated carbocycles. The summed E-state index contributed by atoms with van der Waals surface area (Å²) in [6, 6.07) is 10.7. The fourth-order valence-corrected chi connectivity index (χ4v) is 3.23. The molecule has 4 nitrogen and oxygen atoms in total. The Morgan fingerprint density at radius 2 is 2.14 bits per heavy atom. The molecule has 0 bridgehead atoms. The Kier molecular flexibility index (Phi) is 3.94. The molecule has 0 aliphatic heterocycles. The van der Waals surface area contributed by atoms with Crippen LogP contribution in [0.3, 0.4) is 0 Å². The van der Waals surface area contributed by atoms with Crippen LogP contribution >= 0.6 is 11.3 Å². The topological polar surface area (TPSA) is 46.6 Å². The molecule has 0 amide bonds. The van der Waals surface area contributed by atoms with Crippen LogP contribution in [0.4, 0.5) is 5.82 Å². The second-order valence-corrected chi connectivity index (χ2v) is 6.35. The Labute approximate surface area is 128 Å². The zero-order valence-electron chi connectivity index (χ0n) is 12.4. The number of imidazole rings is 1. The first-order valence-electron chi connectivity index (χ1n) is 7.15. The summed E-state index contributed by atoms with van der Waals surface area (Å²) in [4.78, 5) is 8.46. The maximum Gasteiger partial charge on any atom is 0.153 e. The van der Waals surface area contributed by atoms with E-state index in [1.165, 1.54) is 4.88 Å². The molecule has 3 rings (SSSR count). The highest BCUT2D eigenvalue weighted by Gasteiger charge is 2.20. The maximum absolute atomic E-state index is 5.99. The van der Waals surface area contributed by atoms with Crippen molar-refractivity contribution < 1.29 is 0 Å². The highest BCUT2D eigenvalue weighted by molar-refractivity contribution is 7.09. The van der Waals surface area contributed by atoms with Gasteiger partial charge in [-0.15, -0.1) is 11.3 Å². The van der Waals surface area contributed by atoms with Crippen molar-refractivity contribution >= 4 is 22.8 Å². The number of hydrogen-bond donors (Lipinski definition) is 1. The van der Waals surface area contributed by atoms with E-state index in [9.17, 15) is 0 Å². The van der Waals surface area contributed by atoms with Gasteiger partial charge in [-0.25, -0.2) is 4.98 Å². The van der Waals surface area contributed by atoms with Crippen LogP contribution in [0.5, 0.6) is 0 Å². The lowest BCUT2D eigenvalue weighted by molar-refractivity contribution is 0.674. The summed E-state index contributed by atoms with van der Waals surface area (Å²) in [6.45, 7) is 5.73. The van der Waals surface area contributed by atoms with E-state index in [2.05, 4.69) is 40.7 Å². The number of nitrogens with two attached hydrogens (primary N) is 1. The molecule has 0 fully saturated rings. The second kappa shape index (κ2) is 5.87. The van der Waals surface area contributed by atoms with Crippen LogP contribution in [0.2, 0.25) is 0 Å². The number of anilines is 1. The summed E-state index contributed by atoms with van der Waals surface area (Å²) in [5.41, 5.74) is 8.00. The van der Waals surface area contributed by atoms with Gasteiger partial charge in [-0.1, -0.05) is 12.1 Å². The lowest BCUT2D eigenvalue weighted by Gasteiger charge is -2.27. The summed E-state index contributed by atoms with van der Waals surface area (Å²) in [5, 5.41) is 2.11. The largest absolute Gasteiger partial charge is 0.347 e. The van der Waals surface area contributed by atoms with Crippen molar-refractivity contribution in [2.75, 3.05) is 4.90 Å². The summed E-state index contributed by atoms with van der Waals surface area (Å²) >= 11 is 1.78. The average molecular weight is 300 g/mol. The quantitative estimate of drug-likeness (QED) is 0.786. The predicted octanol–water partition coefficient (Wildman–Crippen LogP) is 3.27. The summed E-state index contributed by atoms with van der Waals surface area (Å²) < 4.78 is 2.08. The van der Waals surface area contributed by atoms with Crippen molar-refractivity contribution in [3.8, 4) is 0 Å². The first-order valence-corrected chi connectivity index (χ1v) is 8.03. The van der Waals surface area contributed by atoms with Gasteiger partial charge in [0.05, 0.1) is 12.2 Å². The molecule has 3 aromatic rings. The number of aromatic nitrogens is 2. The third-order valence-electron chi connectivity index (χ3n) is 3.60. The molecule has 0 aliphatic carbocycles. The molecule has 0 aliphatic rings. The lowest BCUT2D eigenvalue weighted by Crippen LogP contribution is -2.31. The molecule has 0 saturated heterocycles. The van der Waals surface area contributed by atoms with Crippen LogP contribution in [0, 0.1) is 0 Å². The normalized spacial score (nSPS) is 11.4. The van der Waals surface area contributed by atoms with Crippen molar-refractivity contribution in [2.45, 2.75) is 33.0 Å². The van der Waals surface area contributed by atoms with Crippen LogP contribution in [0.25, 0.3) is 5.65 Å². The first kappa shape index (κ1) is 14.1. The molecule has 3 heterocycles. The Morgan fingerprint density at radius 3 is 2.81 bits per heavy atom. The molecular formula is C16H20N4S. The number of rotatable bonds is 5. The molecule has 5 heteroatoms. The van der Waals surface area contributed by atoms with Gasteiger partial charge >= 0.3 is 0 Å². The maximum atomic E-state index is 5.99. The van der Waals surface area contributed by atoms with Gasteiger partial charge in [0.15, 0.2) is 5.82 Å². The van der Waals surface area contributed by atoms with E-state index in [1.807, 2.05) is 24.4 Å². The Morgan fingerprint density at radius 1 is 1.29 bits per heavy atom. The predicted molar refractivity (Wildman–Crippen MR) is 88.7 cm³/mol. The number of nitrogens with zero attached hydrogens (tertiary/aromatic N) is 3. The van der Waals surface area contributed by atoms with E-state index < -0.39 is 0 Å². The van der Waals surface area contributed by atoms with Gasteiger partial charge in [0, 0.05) is 23.7 Å². The van der Waals surface area contributed by atoms with Gasteiger partial charge in [-0.3, -0.25) is 0 Å². The summed E-state index contributed by atoms with van der Waals surface area (Å²) in [7, 11) is 0. The SMILES string of the molecule is CC(C)N(Cc1cccs1)c1nc2ccccn2c1CN. The van der Waals surface area contributed by atoms with E-state index in [-0.39, 0.29) is 0 Å². The number of hydrogen-bond acceptors (Lipinski definition) is 4. The molecule has 0 atom stereocenters. The molecule has 2 N–H and O–H groups in total. The third kappa shape index (κ3) is 2.66. The van der Waals surface area contributed by atoms with E-state index in [1.54, 1.807) is 11.3 Å². The van der Waals surface area contributed by atoms with Crippen LogP contribution < -0.4 is 10.6 Å². The third-order valence-corrected chi connectivity index (χ3v) is 4.46. The highest BCUT2D eigenvalue weighted by Crippen LogP contribution is 2.26. The van der Waals surface area contributed by atoms with Gasteiger partial charge in [0.2, 0.25) is 0 Å². The Hall–Kier alpha value is -1.85. The second-order valence-electron chi connectivity index (χ2n) is 5.32. The van der Waals surface area contributed by atoms with Crippen molar-refractivity contribution in [3.63, 3.8) is 0 Å². The fraction of sp³-hybridized carbons (Fsp3) is 0.312. The summed E-state index contributed by atoms with van der Waals surface area (Å²) in [6.07, 6.45) is 2.03. The zero-order valence-corrected chi connectivity index (χ0v) is 13.2. The van der Waals surface area contributed by atoms with Gasteiger partial charge in [0.1, 0.15) is 5.65 Å². The Balaban J connectivity index is 2.06. The van der Waals surface area contributed by atoms with Crippen LogP contribution in [-0.2, 0) is 13.1 Å². The lowest BCUT2D eigenvalue weighted by atomic mass is 10.2. The number of thiophene rings is 1. The molecule has 0 unspecified atom stereocenters. The molecule has 110 valence electrons. The molecule has 0 aromatic carbocycles. The average Bonchev–Trinajstić information content (AvgIpc) is 3.11. The van der Waals surface area contributed by atoms with Crippen molar-refractivity contribution in [2.24, 2.45) is 5.73 Å². The Bertz CT molecular complexity index is 715. The van der Waals surface area contributed by atoms with Crippen molar-refractivity contribution in [1.82, 2.24) is 9.38 Å². The van der Waals surface area contributed by atoms with E-state index in [4.69, 9.17) is 10.7 Å². The molecule has 21 heavy (non-hydrogen) atoms. The van der Waals surface area contributed by atoms with Crippen molar-refractivity contribution in [3.05, 3.63) is 52.5 Å². The smallest absolute Gasteiger partial charge is 0.153 e. The highest BCUT2D eigenvalue weighted by atomic mass is 32.1. The number of pyridine rings is 1. The van der Waals surface area contributed by atoms with Gasteiger partial charge < -0.3 is 15.0 Å². The minimum atomic E-state index is 0.363. The van der Waals surface area contributed by atoms with E-state index in [0.29, 0.717) is 12.6 Å². The molecular weight excluding hydrogens is 280 g/mol. The minimum absolute atomic E-state index is 0.363. The van der Waals surface area contributed by atoms with E-state index in [0.717, 1.165) is 23.7 Å². The summed E-state index contributed by atoms with van der Waals surface area (Å²) in [5.74, 6) is 0.993. The van der Waals surface area contributed by atoms with Gasteiger partial charge in [-0.2, -0.15) is 0 Å². The first-order chi connectivity index (χ1) is 10.2. The van der Waals surface area contributed by atoms with Gasteiger partial charge in [0.25, 0.3) is 0 Å². The van der Waals surface area contributed by atoms with Crippen LogP contribution in [-0.4, -0.2) is 15.4 Å². The van der Waals surface area contributed by atoms with Crippen molar-refractivity contribution in [1.29, 1.82) is 0 Å². The van der Waals surface area contributed by atoms with Crippen LogP contribution in [0.15, 0.2) is 41.9 Å². The number of fused-ring (bicyclic) bond motifs is 1. The minimum Gasteiger partial charge on any atom is -0.347 e. The fourth-order valence-electron chi connectivity index (χ4n) is 2.53. The van der Waals surface area contributed by atoms with E-state index >= 15 is 0 Å². The van der Waals surface area contributed by atoms with Gasteiger partial charge in [-0.05, 0) is 37.4 Å². The monoisotopic (exact) mass is 300 g/mol.